The molecule has 0 unspecified atom stereocenters. The molecule has 2 N–H and O–H groups in total. The molecular formula is C14H18FIN2O3. The Labute approximate surface area is 136 Å². The predicted molar refractivity (Wildman–Crippen MR) is 86.8 cm³/mol. The molecule has 116 valence electrons. The van der Waals surface area contributed by atoms with E-state index in [9.17, 15) is 14.0 Å². The Hall–Kier alpha value is -1.38. The van der Waals surface area contributed by atoms with Crippen LogP contribution < -0.4 is 5.32 Å². The molecule has 7 heteroatoms. The van der Waals surface area contributed by atoms with Crippen molar-refractivity contribution in [2.75, 3.05) is 11.9 Å². The molecule has 0 fully saturated rings. The highest BCUT2D eigenvalue weighted by Gasteiger charge is 2.27. The van der Waals surface area contributed by atoms with Gasteiger partial charge >= 0.3 is 12.0 Å². The average Bonchev–Trinajstić information content (AvgIpc) is 2.30. The van der Waals surface area contributed by atoms with E-state index in [2.05, 4.69) is 5.32 Å². The lowest BCUT2D eigenvalue weighted by molar-refractivity contribution is -0.137. The number of carbonyl (C=O) groups is 2. The number of nitrogens with one attached hydrogen (secondary N) is 1. The van der Waals surface area contributed by atoms with Crippen molar-refractivity contribution >= 4 is 40.3 Å². The standard InChI is InChI=1S/C14H18FIN2O3/c1-14(2,3)18(7-6-12(19)20)13(21)17-11-5-4-9(15)8-10(11)16/h4-5,8H,6-7H2,1-3H3,(H,17,21)(H,19,20). The summed E-state index contributed by atoms with van der Waals surface area (Å²) in [7, 11) is 0. The van der Waals surface area contributed by atoms with Gasteiger partial charge in [-0.3, -0.25) is 4.79 Å². The smallest absolute Gasteiger partial charge is 0.322 e. The van der Waals surface area contributed by atoms with Crippen LogP contribution in [0.3, 0.4) is 0 Å². The Balaban J connectivity index is 2.88. The zero-order chi connectivity index (χ0) is 16.2. The second-order valence-electron chi connectivity index (χ2n) is 5.52. The van der Waals surface area contributed by atoms with Crippen LogP contribution in [0.1, 0.15) is 27.2 Å². The van der Waals surface area contributed by atoms with Gasteiger partial charge in [0.25, 0.3) is 0 Å². The quantitative estimate of drug-likeness (QED) is 0.749. The monoisotopic (exact) mass is 408 g/mol. The van der Waals surface area contributed by atoms with Gasteiger partial charge in [0, 0.05) is 15.7 Å². The summed E-state index contributed by atoms with van der Waals surface area (Å²) < 4.78 is 13.6. The number of anilines is 1. The highest BCUT2D eigenvalue weighted by Crippen LogP contribution is 2.21. The van der Waals surface area contributed by atoms with Crippen LogP contribution in [0.5, 0.6) is 0 Å². The van der Waals surface area contributed by atoms with E-state index in [1.54, 1.807) is 0 Å². The molecule has 1 aromatic rings. The molecule has 0 saturated carbocycles. The fourth-order valence-corrected chi connectivity index (χ4v) is 2.33. The SMILES string of the molecule is CC(C)(C)N(CCC(=O)O)C(=O)Nc1ccc(F)cc1I. The molecule has 5 nitrogen and oxygen atoms in total. The van der Waals surface area contributed by atoms with Gasteiger partial charge < -0.3 is 15.3 Å². The molecule has 0 atom stereocenters. The fraction of sp³-hybridized carbons (Fsp3) is 0.429. The summed E-state index contributed by atoms with van der Waals surface area (Å²) in [5.74, 6) is -1.34. The van der Waals surface area contributed by atoms with Crippen LogP contribution in [0, 0.1) is 9.39 Å². The first-order valence-electron chi connectivity index (χ1n) is 6.36. The number of rotatable bonds is 4. The van der Waals surface area contributed by atoms with Gasteiger partial charge in [0.05, 0.1) is 12.1 Å². The Morgan fingerprint density at radius 2 is 2.00 bits per heavy atom. The summed E-state index contributed by atoms with van der Waals surface area (Å²) in [5.41, 5.74) is -0.0306. The number of carboxylic acid groups (broad SMARTS) is 1. The van der Waals surface area contributed by atoms with E-state index in [-0.39, 0.29) is 18.8 Å². The van der Waals surface area contributed by atoms with E-state index in [4.69, 9.17) is 5.11 Å². The molecule has 0 aliphatic rings. The molecule has 0 aromatic heterocycles. The number of hydrogen-bond donors (Lipinski definition) is 2. The van der Waals surface area contributed by atoms with Crippen LogP contribution in [0.25, 0.3) is 0 Å². The molecule has 1 aromatic carbocycles. The van der Waals surface area contributed by atoms with Crippen molar-refractivity contribution in [1.29, 1.82) is 0 Å². The predicted octanol–water partition coefficient (Wildman–Crippen LogP) is 3.54. The van der Waals surface area contributed by atoms with Crippen LogP contribution in [-0.4, -0.2) is 34.1 Å². The lowest BCUT2D eigenvalue weighted by atomic mass is 10.1. The topological polar surface area (TPSA) is 69.6 Å². The first kappa shape index (κ1) is 17.7. The summed E-state index contributed by atoms with van der Waals surface area (Å²) in [5, 5.41) is 11.5. The van der Waals surface area contributed by atoms with Crippen LogP contribution >= 0.6 is 22.6 Å². The Bertz CT molecular complexity index is 544. The minimum atomic E-state index is -0.964. The van der Waals surface area contributed by atoms with Crippen molar-refractivity contribution in [3.63, 3.8) is 0 Å². The molecule has 1 rings (SSSR count). The number of amides is 2. The Kier molecular flexibility index (Phi) is 5.94. The average molecular weight is 408 g/mol. The van der Waals surface area contributed by atoms with E-state index in [0.29, 0.717) is 9.26 Å². The Morgan fingerprint density at radius 1 is 1.38 bits per heavy atom. The molecule has 0 bridgehead atoms. The van der Waals surface area contributed by atoms with Gasteiger partial charge in [0.1, 0.15) is 5.82 Å². The van der Waals surface area contributed by atoms with Crippen LogP contribution in [0.4, 0.5) is 14.9 Å². The molecule has 0 aliphatic carbocycles. The third-order valence-electron chi connectivity index (χ3n) is 2.78. The van der Waals surface area contributed by atoms with Crippen molar-refractivity contribution in [2.45, 2.75) is 32.7 Å². The van der Waals surface area contributed by atoms with E-state index < -0.39 is 17.5 Å². The lowest BCUT2D eigenvalue weighted by Gasteiger charge is -2.35. The number of halogens is 2. The minimum absolute atomic E-state index is 0.0996. The van der Waals surface area contributed by atoms with Gasteiger partial charge in [-0.1, -0.05) is 0 Å². The number of hydrogen-bond acceptors (Lipinski definition) is 2. The molecular weight excluding hydrogens is 390 g/mol. The third kappa shape index (κ3) is 5.49. The number of benzene rings is 1. The number of urea groups is 1. The summed E-state index contributed by atoms with van der Waals surface area (Å²) >= 11 is 1.93. The first-order valence-corrected chi connectivity index (χ1v) is 7.44. The maximum Gasteiger partial charge on any atom is 0.322 e. The zero-order valence-corrected chi connectivity index (χ0v) is 14.3. The van der Waals surface area contributed by atoms with Gasteiger partial charge in [-0.25, -0.2) is 9.18 Å². The van der Waals surface area contributed by atoms with Crippen molar-refractivity contribution in [3.05, 3.63) is 27.6 Å². The van der Waals surface area contributed by atoms with E-state index in [0.717, 1.165) is 0 Å². The van der Waals surface area contributed by atoms with Crippen LogP contribution in [0.2, 0.25) is 0 Å². The second kappa shape index (κ2) is 7.06. The second-order valence-corrected chi connectivity index (χ2v) is 6.68. The van der Waals surface area contributed by atoms with E-state index >= 15 is 0 Å². The van der Waals surface area contributed by atoms with Crippen molar-refractivity contribution < 1.29 is 19.1 Å². The molecule has 0 radical (unpaired) electrons. The summed E-state index contributed by atoms with van der Waals surface area (Å²) in [6.07, 6.45) is -0.134. The maximum absolute atomic E-state index is 13.0. The van der Waals surface area contributed by atoms with Crippen LogP contribution in [0.15, 0.2) is 18.2 Å². The normalized spacial score (nSPS) is 11.1. The van der Waals surface area contributed by atoms with Gasteiger partial charge in [0.2, 0.25) is 0 Å². The van der Waals surface area contributed by atoms with Gasteiger partial charge in [-0.2, -0.15) is 0 Å². The lowest BCUT2D eigenvalue weighted by Crippen LogP contribution is -2.48. The number of nitrogens with zero attached hydrogens (tertiary/aromatic N) is 1. The first-order chi connectivity index (χ1) is 9.61. The summed E-state index contributed by atoms with van der Waals surface area (Å²) in [4.78, 5) is 24.5. The molecule has 0 saturated heterocycles. The number of carbonyl (C=O) groups excluding carboxylic acids is 1. The highest BCUT2D eigenvalue weighted by atomic mass is 127. The highest BCUT2D eigenvalue weighted by molar-refractivity contribution is 14.1. The van der Waals surface area contributed by atoms with Gasteiger partial charge in [-0.15, -0.1) is 0 Å². The molecule has 0 spiro atoms. The van der Waals surface area contributed by atoms with Crippen LogP contribution in [-0.2, 0) is 4.79 Å². The largest absolute Gasteiger partial charge is 0.481 e. The van der Waals surface area contributed by atoms with Crippen molar-refractivity contribution in [1.82, 2.24) is 4.90 Å². The molecule has 0 heterocycles. The van der Waals surface area contributed by atoms with Gasteiger partial charge in [-0.05, 0) is 61.6 Å². The van der Waals surface area contributed by atoms with Crippen molar-refractivity contribution in [3.8, 4) is 0 Å². The van der Waals surface area contributed by atoms with E-state index in [1.165, 1.54) is 23.1 Å². The molecule has 0 aliphatic heterocycles. The third-order valence-corrected chi connectivity index (χ3v) is 3.67. The molecule has 21 heavy (non-hydrogen) atoms. The maximum atomic E-state index is 13.0. The zero-order valence-electron chi connectivity index (χ0n) is 12.1. The van der Waals surface area contributed by atoms with E-state index in [1.807, 2.05) is 43.4 Å². The fourth-order valence-electron chi connectivity index (χ4n) is 1.72. The number of aliphatic carboxylic acids is 1. The molecule has 2 amide bonds. The number of carboxylic acids is 1. The minimum Gasteiger partial charge on any atom is -0.481 e. The summed E-state index contributed by atoms with van der Waals surface area (Å²) in [6, 6.07) is 3.64. The summed E-state index contributed by atoms with van der Waals surface area (Å²) in [6.45, 7) is 5.57. The van der Waals surface area contributed by atoms with Gasteiger partial charge in [0.15, 0.2) is 0 Å². The Morgan fingerprint density at radius 3 is 2.48 bits per heavy atom. The van der Waals surface area contributed by atoms with Crippen molar-refractivity contribution in [2.24, 2.45) is 0 Å².